The van der Waals surface area contributed by atoms with Crippen LogP contribution in [0.4, 0.5) is 0 Å². The number of carbonyl (C=O) groups excluding carboxylic acids is 3. The lowest BCUT2D eigenvalue weighted by Crippen LogP contribution is -2.50. The van der Waals surface area contributed by atoms with Gasteiger partial charge in [0.05, 0.1) is 6.04 Å². The largest absolute Gasteiger partial charge is 0.485 e. The van der Waals surface area contributed by atoms with Crippen LogP contribution in [0.1, 0.15) is 64.6 Å². The molecule has 11 heteroatoms. The number of aromatic nitrogens is 3. The topological polar surface area (TPSA) is 109 Å². The van der Waals surface area contributed by atoms with Gasteiger partial charge < -0.3 is 19.9 Å². The number of nitrogens with one attached hydrogen (secondary N) is 1. The van der Waals surface area contributed by atoms with Crippen molar-refractivity contribution in [3.05, 3.63) is 93.9 Å². The molecule has 2 aliphatic heterocycles. The fourth-order valence-corrected chi connectivity index (χ4v) is 7.56. The van der Waals surface area contributed by atoms with Gasteiger partial charge in [0.1, 0.15) is 12.4 Å². The zero-order valence-electron chi connectivity index (χ0n) is 25.1. The quantitative estimate of drug-likeness (QED) is 0.321. The molecule has 7 rings (SSSR count). The summed E-state index contributed by atoms with van der Waals surface area (Å²) >= 11 is 6.82. The number of pyridine rings is 1. The average Bonchev–Trinajstić information content (AvgIpc) is 3.64. The smallest absolute Gasteiger partial charge is 0.254 e. The van der Waals surface area contributed by atoms with Crippen LogP contribution in [-0.2, 0) is 29.2 Å². The molecule has 10 nitrogen and oxygen atoms in total. The second kappa shape index (κ2) is 12.2. The van der Waals surface area contributed by atoms with Crippen LogP contribution in [0.25, 0.3) is 5.65 Å². The molecule has 0 saturated heterocycles. The van der Waals surface area contributed by atoms with Crippen molar-refractivity contribution in [2.75, 3.05) is 20.1 Å². The zero-order valence-corrected chi connectivity index (χ0v) is 25.9. The van der Waals surface area contributed by atoms with Gasteiger partial charge in [-0.25, -0.2) is 0 Å². The number of hydrogen-bond acceptors (Lipinski definition) is 6. The number of rotatable bonds is 7. The predicted octanol–water partition coefficient (Wildman–Crippen LogP) is 4.60. The third-order valence-corrected chi connectivity index (χ3v) is 9.91. The molecule has 232 valence electrons. The lowest BCUT2D eigenvalue weighted by Gasteiger charge is -2.43. The number of halogens is 1. The zero-order chi connectivity index (χ0) is 31.1. The minimum Gasteiger partial charge on any atom is -0.485 e. The van der Waals surface area contributed by atoms with Crippen molar-refractivity contribution in [3.8, 4) is 5.75 Å². The lowest BCUT2D eigenvalue weighted by atomic mass is 9.77. The number of amides is 3. The average molecular weight is 627 g/mol. The minimum absolute atomic E-state index is 0.0579. The van der Waals surface area contributed by atoms with E-state index in [-0.39, 0.29) is 36.8 Å². The van der Waals surface area contributed by atoms with Gasteiger partial charge in [-0.2, -0.15) is 0 Å². The maximum absolute atomic E-state index is 14.5. The van der Waals surface area contributed by atoms with Gasteiger partial charge in [0.15, 0.2) is 11.5 Å². The second-order valence-electron chi connectivity index (χ2n) is 12.0. The van der Waals surface area contributed by atoms with E-state index in [1.165, 1.54) is 0 Å². The van der Waals surface area contributed by atoms with Gasteiger partial charge in [-0.1, -0.05) is 48.7 Å². The monoisotopic (exact) mass is 626 g/mol. The highest BCUT2D eigenvalue weighted by Gasteiger charge is 2.43. The van der Waals surface area contributed by atoms with Crippen LogP contribution >= 0.6 is 11.6 Å². The third-order valence-electron chi connectivity index (χ3n) is 9.55. The van der Waals surface area contributed by atoms with Crippen molar-refractivity contribution in [2.24, 2.45) is 11.8 Å². The SMILES string of the molecule is CNC(=O)[C@H]1CCCC[C@H]1C(=O)N1CCc2c(Cl)ccc(OCc3nnc4ccccn34)c2[C@H]1CN1Cc2ccccc2C1=O. The number of fused-ring (bicyclic) bond motifs is 3. The van der Waals surface area contributed by atoms with Crippen LogP contribution in [-0.4, -0.2) is 62.3 Å². The van der Waals surface area contributed by atoms with E-state index in [0.29, 0.717) is 60.2 Å². The summed E-state index contributed by atoms with van der Waals surface area (Å²) in [5.74, 6) is 0.186. The summed E-state index contributed by atoms with van der Waals surface area (Å²) in [5.41, 5.74) is 4.07. The minimum atomic E-state index is -0.518. The summed E-state index contributed by atoms with van der Waals surface area (Å²) in [5, 5.41) is 11.9. The van der Waals surface area contributed by atoms with E-state index in [9.17, 15) is 14.4 Å². The van der Waals surface area contributed by atoms with Gasteiger partial charge in [-0.15, -0.1) is 10.2 Å². The molecule has 4 heterocycles. The first-order chi connectivity index (χ1) is 21.9. The number of hydrogen-bond donors (Lipinski definition) is 1. The molecule has 0 spiro atoms. The van der Waals surface area contributed by atoms with Crippen molar-refractivity contribution < 1.29 is 19.1 Å². The Kier molecular flexibility index (Phi) is 7.91. The molecule has 0 bridgehead atoms. The molecule has 3 atom stereocenters. The van der Waals surface area contributed by atoms with Crippen LogP contribution in [0.3, 0.4) is 0 Å². The molecule has 4 aromatic rings. The van der Waals surface area contributed by atoms with Crippen LogP contribution in [0.2, 0.25) is 5.02 Å². The molecule has 0 radical (unpaired) electrons. The number of nitrogens with zero attached hydrogens (tertiary/aromatic N) is 5. The van der Waals surface area contributed by atoms with E-state index in [4.69, 9.17) is 16.3 Å². The fourth-order valence-electron chi connectivity index (χ4n) is 7.30. The summed E-state index contributed by atoms with van der Waals surface area (Å²) in [6.07, 6.45) is 5.56. The first-order valence-corrected chi connectivity index (χ1v) is 15.9. The second-order valence-corrected chi connectivity index (χ2v) is 12.4. The number of benzene rings is 2. The first kappa shape index (κ1) is 29.3. The lowest BCUT2D eigenvalue weighted by molar-refractivity contribution is -0.146. The van der Waals surface area contributed by atoms with E-state index in [1.54, 1.807) is 11.9 Å². The highest BCUT2D eigenvalue weighted by atomic mass is 35.5. The van der Waals surface area contributed by atoms with Crippen molar-refractivity contribution in [3.63, 3.8) is 0 Å². The first-order valence-electron chi connectivity index (χ1n) is 15.6. The standard InChI is InChI=1S/C34H35ClN6O4/c1-36-32(42)23-10-4-5-11-24(23)34(44)40-17-15-25-26(35)13-14-28(45-20-30-38-37-29-12-6-7-16-41(29)30)31(25)27(40)19-39-18-21-8-2-3-9-22(21)33(39)43/h2-3,6-9,12-14,16,23-24,27H,4-5,10-11,15,17-20H2,1H3,(H,36,42)/t23-,24+,27+/m0/s1. The molecule has 2 aromatic heterocycles. The maximum Gasteiger partial charge on any atom is 0.254 e. The van der Waals surface area contributed by atoms with Gasteiger partial charge in [0, 0.05) is 60.9 Å². The molecule has 1 fully saturated rings. The van der Waals surface area contributed by atoms with Gasteiger partial charge in [-0.3, -0.25) is 18.8 Å². The van der Waals surface area contributed by atoms with E-state index in [1.807, 2.05) is 70.1 Å². The molecule has 3 amide bonds. The molecule has 45 heavy (non-hydrogen) atoms. The van der Waals surface area contributed by atoms with Crippen molar-refractivity contribution in [2.45, 2.75) is 51.3 Å². The summed E-state index contributed by atoms with van der Waals surface area (Å²) in [4.78, 5) is 44.7. The fraction of sp³-hybridized carbons (Fsp3) is 0.382. The molecule has 2 aromatic carbocycles. The summed E-state index contributed by atoms with van der Waals surface area (Å²) in [7, 11) is 1.62. The van der Waals surface area contributed by atoms with Crippen molar-refractivity contribution in [1.29, 1.82) is 0 Å². The van der Waals surface area contributed by atoms with E-state index in [0.717, 1.165) is 29.5 Å². The highest BCUT2D eigenvalue weighted by Crippen LogP contribution is 2.43. The number of carbonyl (C=O) groups is 3. The molecule has 1 aliphatic carbocycles. The summed E-state index contributed by atoms with van der Waals surface area (Å²) < 4.78 is 8.33. The Labute approximate surface area is 266 Å². The Balaban J connectivity index is 1.26. The number of ether oxygens (including phenoxy) is 1. The van der Waals surface area contributed by atoms with Crippen LogP contribution in [0.15, 0.2) is 60.8 Å². The third kappa shape index (κ3) is 5.31. The molecular formula is C34H35ClN6O4. The van der Waals surface area contributed by atoms with Gasteiger partial charge in [0.25, 0.3) is 5.91 Å². The summed E-state index contributed by atoms with van der Waals surface area (Å²) in [6.45, 7) is 1.31. The molecule has 1 saturated carbocycles. The van der Waals surface area contributed by atoms with Gasteiger partial charge >= 0.3 is 0 Å². The predicted molar refractivity (Wildman–Crippen MR) is 168 cm³/mol. The van der Waals surface area contributed by atoms with Crippen molar-refractivity contribution in [1.82, 2.24) is 29.7 Å². The summed E-state index contributed by atoms with van der Waals surface area (Å²) in [6, 6.07) is 16.4. The van der Waals surface area contributed by atoms with Crippen molar-refractivity contribution >= 4 is 35.0 Å². The molecule has 0 unspecified atom stereocenters. The normalized spacial score (nSPS) is 21.0. The van der Waals surface area contributed by atoms with Crippen LogP contribution < -0.4 is 10.1 Å². The van der Waals surface area contributed by atoms with Crippen LogP contribution in [0.5, 0.6) is 5.75 Å². The highest BCUT2D eigenvalue weighted by molar-refractivity contribution is 6.31. The van der Waals surface area contributed by atoms with Gasteiger partial charge in [0.2, 0.25) is 11.8 Å². The Bertz CT molecular complexity index is 1790. The van der Waals surface area contributed by atoms with E-state index in [2.05, 4.69) is 15.5 Å². The van der Waals surface area contributed by atoms with Gasteiger partial charge in [-0.05, 0) is 60.7 Å². The Hall–Kier alpha value is -4.44. The van der Waals surface area contributed by atoms with Crippen LogP contribution in [0, 0.1) is 11.8 Å². The molecular weight excluding hydrogens is 592 g/mol. The Morgan fingerprint density at radius 1 is 1.02 bits per heavy atom. The molecule has 1 N–H and O–H groups in total. The van der Waals surface area contributed by atoms with E-state index < -0.39 is 12.0 Å². The van der Waals surface area contributed by atoms with E-state index >= 15 is 0 Å². The molecule has 3 aliphatic rings. The Morgan fingerprint density at radius 2 is 1.82 bits per heavy atom. The maximum atomic E-state index is 14.5. The Morgan fingerprint density at radius 3 is 2.64 bits per heavy atom.